The summed E-state index contributed by atoms with van der Waals surface area (Å²) in [6.45, 7) is 6.88. The topological polar surface area (TPSA) is 105 Å². The smallest absolute Gasteiger partial charge is 0.336 e. The summed E-state index contributed by atoms with van der Waals surface area (Å²) in [7, 11) is 0. The van der Waals surface area contributed by atoms with Crippen molar-refractivity contribution in [1.29, 1.82) is 0 Å². The van der Waals surface area contributed by atoms with Gasteiger partial charge in [-0.1, -0.05) is 30.3 Å². The second-order valence-electron chi connectivity index (χ2n) is 6.46. The van der Waals surface area contributed by atoms with E-state index in [1.165, 1.54) is 4.90 Å². The molecule has 0 spiro atoms. The number of nitrogens with one attached hydrogen (secondary N) is 1. The third-order valence-electron chi connectivity index (χ3n) is 3.96. The molecule has 1 unspecified atom stereocenters. The lowest BCUT2D eigenvalue weighted by Crippen LogP contribution is -2.54. The summed E-state index contributed by atoms with van der Waals surface area (Å²) in [5.41, 5.74) is 0.864. The lowest BCUT2D eigenvalue weighted by atomic mass is 10.1. The maximum atomic E-state index is 12.8. The Morgan fingerprint density at radius 1 is 1.04 bits per heavy atom. The van der Waals surface area contributed by atoms with Crippen LogP contribution in [-0.4, -0.2) is 65.9 Å². The van der Waals surface area contributed by atoms with Crippen molar-refractivity contribution in [1.82, 2.24) is 10.2 Å². The summed E-state index contributed by atoms with van der Waals surface area (Å²) in [6, 6.07) is 7.46. The number of carbonyl (C=O) groups excluding carboxylic acids is 3. The average molecular weight is 394 g/mol. The van der Waals surface area contributed by atoms with Gasteiger partial charge < -0.3 is 24.8 Å². The Kier molecular flexibility index (Phi) is 10.0. The quantitative estimate of drug-likeness (QED) is 0.583. The summed E-state index contributed by atoms with van der Waals surface area (Å²) in [5.74, 6) is -1.35. The largest absolute Gasteiger partial charge is 0.464 e. The van der Waals surface area contributed by atoms with Crippen LogP contribution in [0.15, 0.2) is 30.3 Å². The van der Waals surface area contributed by atoms with E-state index in [9.17, 15) is 19.5 Å². The van der Waals surface area contributed by atoms with Gasteiger partial charge in [-0.15, -0.1) is 0 Å². The molecular weight excluding hydrogens is 364 g/mol. The molecule has 28 heavy (non-hydrogen) atoms. The van der Waals surface area contributed by atoms with E-state index in [4.69, 9.17) is 9.47 Å². The lowest BCUT2D eigenvalue weighted by molar-refractivity contribution is -0.153. The molecule has 0 saturated carbocycles. The van der Waals surface area contributed by atoms with Crippen LogP contribution < -0.4 is 5.32 Å². The van der Waals surface area contributed by atoms with Gasteiger partial charge in [0.25, 0.3) is 0 Å². The first kappa shape index (κ1) is 23.4. The fraction of sp³-hybridized carbons (Fsp3) is 0.550. The first-order valence-corrected chi connectivity index (χ1v) is 9.42. The normalized spacial score (nSPS) is 12.8. The second-order valence-corrected chi connectivity index (χ2v) is 6.46. The van der Waals surface area contributed by atoms with Gasteiger partial charge in [-0.05, 0) is 33.3 Å². The molecule has 0 saturated heterocycles. The number of rotatable bonds is 10. The number of ether oxygens (including phenoxy) is 2. The van der Waals surface area contributed by atoms with E-state index >= 15 is 0 Å². The van der Waals surface area contributed by atoms with E-state index in [1.54, 1.807) is 27.7 Å². The van der Waals surface area contributed by atoms with Gasteiger partial charge in [-0.3, -0.25) is 0 Å². The minimum absolute atomic E-state index is 0.131. The van der Waals surface area contributed by atoms with E-state index in [0.717, 1.165) is 5.56 Å². The maximum absolute atomic E-state index is 12.8. The molecule has 0 aliphatic heterocycles. The molecule has 2 atom stereocenters. The number of hydrogen-bond donors (Lipinski definition) is 2. The number of esters is 2. The van der Waals surface area contributed by atoms with Crippen LogP contribution in [0.4, 0.5) is 4.79 Å². The highest BCUT2D eigenvalue weighted by Crippen LogP contribution is 2.08. The van der Waals surface area contributed by atoms with E-state index in [1.807, 2.05) is 30.3 Å². The highest BCUT2D eigenvalue weighted by Gasteiger charge is 2.29. The third-order valence-corrected chi connectivity index (χ3v) is 3.96. The van der Waals surface area contributed by atoms with Crippen molar-refractivity contribution in [2.75, 3.05) is 19.8 Å². The van der Waals surface area contributed by atoms with Gasteiger partial charge in [0.2, 0.25) is 0 Å². The van der Waals surface area contributed by atoms with Crippen molar-refractivity contribution in [3.63, 3.8) is 0 Å². The van der Waals surface area contributed by atoms with Crippen molar-refractivity contribution in [3.8, 4) is 0 Å². The van der Waals surface area contributed by atoms with Gasteiger partial charge in [-0.2, -0.15) is 0 Å². The number of aliphatic hydroxyl groups is 1. The predicted octanol–water partition coefficient (Wildman–Crippen LogP) is 1.50. The highest BCUT2D eigenvalue weighted by atomic mass is 16.5. The Morgan fingerprint density at radius 3 is 2.14 bits per heavy atom. The Bertz CT molecular complexity index is 635. The molecule has 8 nitrogen and oxygen atoms in total. The molecule has 156 valence electrons. The fourth-order valence-corrected chi connectivity index (χ4v) is 2.55. The Morgan fingerprint density at radius 2 is 1.61 bits per heavy atom. The monoisotopic (exact) mass is 394 g/mol. The Labute approximate surface area is 165 Å². The summed E-state index contributed by atoms with van der Waals surface area (Å²) in [6.07, 6.45) is -1.21. The van der Waals surface area contributed by atoms with Crippen LogP contribution in [0.2, 0.25) is 0 Å². The number of urea groups is 1. The zero-order valence-electron chi connectivity index (χ0n) is 16.9. The summed E-state index contributed by atoms with van der Waals surface area (Å²) >= 11 is 0. The number of aliphatic hydroxyl groups excluding tert-OH is 1. The SMILES string of the molecule is CCOC(=O)C(O)CN(C(=O)N[C@@H](Cc1ccccc1)C(=O)OCC)C(C)C. The van der Waals surface area contributed by atoms with Gasteiger partial charge in [0.15, 0.2) is 6.10 Å². The molecule has 0 aliphatic carbocycles. The van der Waals surface area contributed by atoms with Crippen molar-refractivity contribution >= 4 is 18.0 Å². The van der Waals surface area contributed by atoms with Crippen molar-refractivity contribution < 1.29 is 29.0 Å². The minimum atomic E-state index is -1.47. The molecular formula is C20H30N2O6. The zero-order valence-corrected chi connectivity index (χ0v) is 16.9. The van der Waals surface area contributed by atoms with Crippen molar-refractivity contribution in [2.24, 2.45) is 0 Å². The molecule has 0 heterocycles. The molecule has 0 bridgehead atoms. The molecule has 1 aromatic rings. The first-order chi connectivity index (χ1) is 13.3. The zero-order chi connectivity index (χ0) is 21.1. The fourth-order valence-electron chi connectivity index (χ4n) is 2.55. The number of amides is 2. The molecule has 0 fully saturated rings. The predicted molar refractivity (Wildman–Crippen MR) is 104 cm³/mol. The molecule has 2 N–H and O–H groups in total. The van der Waals surface area contributed by atoms with Crippen LogP contribution in [0.1, 0.15) is 33.3 Å². The molecule has 0 aromatic heterocycles. The van der Waals surface area contributed by atoms with Gasteiger partial charge in [0.1, 0.15) is 6.04 Å². The highest BCUT2D eigenvalue weighted by molar-refractivity contribution is 5.84. The van der Waals surface area contributed by atoms with Crippen LogP contribution in [0, 0.1) is 0 Å². The molecule has 0 radical (unpaired) electrons. The number of benzene rings is 1. The van der Waals surface area contributed by atoms with Crippen LogP contribution in [0.25, 0.3) is 0 Å². The third kappa shape index (κ3) is 7.56. The van der Waals surface area contributed by atoms with Crippen LogP contribution >= 0.6 is 0 Å². The number of hydrogen-bond acceptors (Lipinski definition) is 6. The summed E-state index contributed by atoms with van der Waals surface area (Å²) < 4.78 is 9.85. The minimum Gasteiger partial charge on any atom is -0.464 e. The maximum Gasteiger partial charge on any atom is 0.336 e. The Balaban J connectivity index is 2.89. The number of nitrogens with zero attached hydrogens (tertiary/aromatic N) is 1. The molecule has 1 aromatic carbocycles. The standard InChI is InChI=1S/C20H30N2O6/c1-5-27-18(24)16(12-15-10-8-7-9-11-15)21-20(26)22(14(3)4)13-17(23)19(25)28-6-2/h7-11,14,16-17,23H,5-6,12-13H2,1-4H3,(H,21,26)/t16-,17?/m0/s1. The van der Waals surface area contributed by atoms with Gasteiger partial charge in [-0.25, -0.2) is 14.4 Å². The second kappa shape index (κ2) is 12.0. The van der Waals surface area contributed by atoms with Gasteiger partial charge >= 0.3 is 18.0 Å². The Hall–Kier alpha value is -2.61. The molecule has 0 aliphatic rings. The van der Waals surface area contributed by atoms with Gasteiger partial charge in [0, 0.05) is 12.5 Å². The van der Waals surface area contributed by atoms with Crippen molar-refractivity contribution in [3.05, 3.63) is 35.9 Å². The molecule has 2 amide bonds. The first-order valence-electron chi connectivity index (χ1n) is 9.42. The lowest BCUT2D eigenvalue weighted by Gasteiger charge is -2.30. The van der Waals surface area contributed by atoms with E-state index in [2.05, 4.69) is 5.32 Å². The van der Waals surface area contributed by atoms with Crippen LogP contribution in [0.3, 0.4) is 0 Å². The van der Waals surface area contributed by atoms with E-state index in [0.29, 0.717) is 0 Å². The van der Waals surface area contributed by atoms with E-state index in [-0.39, 0.29) is 32.2 Å². The van der Waals surface area contributed by atoms with Crippen molar-refractivity contribution in [2.45, 2.75) is 52.3 Å². The van der Waals surface area contributed by atoms with E-state index < -0.39 is 30.1 Å². The van der Waals surface area contributed by atoms with Crippen LogP contribution in [0.5, 0.6) is 0 Å². The van der Waals surface area contributed by atoms with Crippen LogP contribution in [-0.2, 0) is 25.5 Å². The molecule has 8 heteroatoms. The summed E-state index contributed by atoms with van der Waals surface area (Å²) in [5, 5.41) is 12.6. The molecule has 1 rings (SSSR count). The number of carbonyl (C=O) groups is 3. The average Bonchev–Trinajstić information content (AvgIpc) is 2.66. The van der Waals surface area contributed by atoms with Gasteiger partial charge in [0.05, 0.1) is 19.8 Å². The summed E-state index contributed by atoms with van der Waals surface area (Å²) in [4.78, 5) is 38.0.